The number of pyridine rings is 1. The van der Waals surface area contributed by atoms with Gasteiger partial charge in [-0.15, -0.1) is 0 Å². The molecule has 0 aliphatic carbocycles. The Morgan fingerprint density at radius 3 is 2.02 bits per heavy atom. The van der Waals surface area contributed by atoms with E-state index >= 15 is 4.39 Å². The Bertz CT molecular complexity index is 1970. The van der Waals surface area contributed by atoms with Crippen LogP contribution in [0.1, 0.15) is 24.0 Å². The van der Waals surface area contributed by atoms with E-state index in [1.54, 1.807) is 33.5 Å². The molecule has 2 aromatic heterocycles. The number of hydrogen-bond acceptors (Lipinski definition) is 9. The second-order valence-electron chi connectivity index (χ2n) is 11.5. The number of ether oxygens (including phenoxy) is 3. The summed E-state index contributed by atoms with van der Waals surface area (Å²) >= 11 is 8.94. The van der Waals surface area contributed by atoms with Crippen molar-refractivity contribution in [2.45, 2.75) is 25.9 Å². The predicted molar refractivity (Wildman–Crippen MR) is 193 cm³/mol. The lowest BCUT2D eigenvalue weighted by atomic mass is 9.98. The summed E-state index contributed by atoms with van der Waals surface area (Å²) in [5.41, 5.74) is 2.00. The number of nitriles is 1. The number of anilines is 2. The smallest absolute Gasteiger partial charge is 0.311 e. The third kappa shape index (κ3) is 7.28. The Kier molecular flexibility index (Phi) is 10.5. The van der Waals surface area contributed by atoms with Crippen molar-refractivity contribution >= 4 is 56.7 Å². The monoisotopic (exact) mass is 796 g/mol. The maximum absolute atomic E-state index is 16.7. The molecular formula is C36H32ClF2IN6O3. The van der Waals surface area contributed by atoms with Gasteiger partial charge < -0.3 is 24.0 Å². The summed E-state index contributed by atoms with van der Waals surface area (Å²) in [6.45, 7) is 1.81. The highest BCUT2D eigenvalue weighted by molar-refractivity contribution is 14.1. The standard InChI is InChI=1S/C36H32ClF2IN6O3/c1-47-24-8-4-22(5-9-24)19-46(20-23-6-10-25(48-2)11-7-23)35-29(49-3)17-28(40)33(42-35)30-27(37)16-26-32(31(30)38)43-36(39)44-34(26)45-14-12-21(18-41)13-15-45/h4-11,16-17,21H,12-15,19-20H2,1-3H3. The minimum absolute atomic E-state index is 0.0106. The van der Waals surface area contributed by atoms with Crippen LogP contribution in [0.3, 0.4) is 0 Å². The molecule has 1 saturated heterocycles. The minimum Gasteiger partial charge on any atom is -0.497 e. The second kappa shape index (κ2) is 15.0. The van der Waals surface area contributed by atoms with Gasteiger partial charge in [-0.25, -0.2) is 9.37 Å². The zero-order valence-electron chi connectivity index (χ0n) is 27.0. The zero-order valence-corrected chi connectivity index (χ0v) is 29.9. The van der Waals surface area contributed by atoms with E-state index in [0.717, 1.165) is 22.6 Å². The first-order valence-corrected chi connectivity index (χ1v) is 16.9. The molecule has 1 aliphatic rings. The van der Waals surface area contributed by atoms with Gasteiger partial charge in [-0.1, -0.05) is 35.9 Å². The normalized spacial score (nSPS) is 13.3. The maximum atomic E-state index is 16.7. The van der Waals surface area contributed by atoms with Gasteiger partial charge in [-0.2, -0.15) is 19.6 Å². The Morgan fingerprint density at radius 1 is 0.898 bits per heavy atom. The first kappa shape index (κ1) is 34.4. The lowest BCUT2D eigenvalue weighted by Gasteiger charge is -2.31. The van der Waals surface area contributed by atoms with Crippen LogP contribution in [0, 0.1) is 32.7 Å². The van der Waals surface area contributed by atoms with Gasteiger partial charge in [0, 0.05) is 41.1 Å². The number of hydrogen-bond donors (Lipinski definition) is 0. The molecule has 3 heterocycles. The quantitative estimate of drug-likeness (QED) is 0.102. The number of rotatable bonds is 10. The van der Waals surface area contributed by atoms with Gasteiger partial charge in [0.15, 0.2) is 17.4 Å². The van der Waals surface area contributed by atoms with Crippen molar-refractivity contribution in [1.29, 1.82) is 5.26 Å². The molecule has 1 aliphatic heterocycles. The number of piperidine rings is 1. The van der Waals surface area contributed by atoms with Crippen molar-refractivity contribution in [2.24, 2.45) is 5.92 Å². The topological polar surface area (TPSA) is 96.6 Å². The fraction of sp³-hybridized carbons (Fsp3) is 0.278. The molecule has 0 spiro atoms. The lowest BCUT2D eigenvalue weighted by Crippen LogP contribution is -2.34. The summed E-state index contributed by atoms with van der Waals surface area (Å²) in [5.74, 6) is 1.74. The van der Waals surface area contributed by atoms with Crippen molar-refractivity contribution in [3.05, 3.63) is 92.3 Å². The summed E-state index contributed by atoms with van der Waals surface area (Å²) in [7, 11) is 4.78. The molecule has 1 fully saturated rings. The predicted octanol–water partition coefficient (Wildman–Crippen LogP) is 8.20. The van der Waals surface area contributed by atoms with Gasteiger partial charge in [0.1, 0.15) is 22.8 Å². The van der Waals surface area contributed by atoms with Crippen LogP contribution in [0.5, 0.6) is 17.2 Å². The van der Waals surface area contributed by atoms with E-state index in [0.29, 0.717) is 54.2 Å². The Morgan fingerprint density at radius 2 is 1.49 bits per heavy atom. The molecular weight excluding hydrogens is 765 g/mol. The van der Waals surface area contributed by atoms with Crippen LogP contribution in [0.15, 0.2) is 60.7 Å². The highest BCUT2D eigenvalue weighted by Crippen LogP contribution is 2.42. The van der Waals surface area contributed by atoms with Gasteiger partial charge in [0.2, 0.25) is 0 Å². The number of aromatic nitrogens is 3. The average Bonchev–Trinajstić information content (AvgIpc) is 3.12. The third-order valence-corrected chi connectivity index (χ3v) is 9.68. The highest BCUT2D eigenvalue weighted by Gasteiger charge is 2.28. The molecule has 0 atom stereocenters. The van der Waals surface area contributed by atoms with E-state index < -0.39 is 11.9 Å². The Hall–Kier alpha value is -4.48. The number of nitrogens with zero attached hydrogens (tertiary/aromatic N) is 6. The lowest BCUT2D eigenvalue weighted by molar-refractivity contribution is 0.411. The number of fused-ring (bicyclic) bond motifs is 1. The molecule has 0 N–H and O–H groups in total. The van der Waals surface area contributed by atoms with E-state index in [1.165, 1.54) is 0 Å². The molecule has 13 heteroatoms. The van der Waals surface area contributed by atoms with Crippen molar-refractivity contribution in [2.75, 3.05) is 44.2 Å². The van der Waals surface area contributed by atoms with E-state index in [9.17, 15) is 9.65 Å². The molecule has 252 valence electrons. The summed E-state index contributed by atoms with van der Waals surface area (Å²) in [6, 6.07) is 21.0. The molecule has 5 aromatic rings. The van der Waals surface area contributed by atoms with E-state index in [1.807, 2.05) is 58.3 Å². The van der Waals surface area contributed by atoms with Gasteiger partial charge >= 0.3 is 6.08 Å². The van der Waals surface area contributed by atoms with E-state index in [4.69, 9.17) is 30.8 Å². The van der Waals surface area contributed by atoms with Crippen LogP contribution < -0.4 is 24.0 Å². The molecule has 0 unspecified atom stereocenters. The Balaban J connectivity index is 1.46. The number of halogens is 4. The first-order valence-electron chi connectivity index (χ1n) is 15.5. The zero-order chi connectivity index (χ0) is 34.7. The van der Waals surface area contributed by atoms with Gasteiger partial charge in [-0.05, 0) is 83.0 Å². The van der Waals surface area contributed by atoms with E-state index in [2.05, 4.69) is 38.6 Å². The summed E-state index contributed by atoms with van der Waals surface area (Å²) in [4.78, 5) is 16.8. The molecule has 0 radical (unpaired) electrons. The molecule has 0 bridgehead atoms. The number of benzene rings is 3. The van der Waals surface area contributed by atoms with Gasteiger partial charge in [0.05, 0.1) is 43.7 Å². The van der Waals surface area contributed by atoms with Crippen LogP contribution >= 0.6 is 34.2 Å². The maximum Gasteiger partial charge on any atom is 0.311 e. The van der Waals surface area contributed by atoms with Gasteiger partial charge in [0.25, 0.3) is 0 Å². The van der Waals surface area contributed by atoms with Crippen molar-refractivity contribution < 1.29 is 23.0 Å². The largest absolute Gasteiger partial charge is 0.497 e. The van der Waals surface area contributed by atoms with Crippen LogP contribution in [-0.2, 0) is 13.1 Å². The molecule has 6 rings (SSSR count). The molecule has 9 nitrogen and oxygen atoms in total. The van der Waals surface area contributed by atoms with Crippen molar-refractivity contribution in [1.82, 2.24) is 15.0 Å². The third-order valence-electron chi connectivity index (χ3n) is 8.56. The summed E-state index contributed by atoms with van der Waals surface area (Å²) in [5, 5.41) is 9.68. The van der Waals surface area contributed by atoms with E-state index in [-0.39, 0.29) is 38.9 Å². The summed E-state index contributed by atoms with van der Waals surface area (Å²) < 4.78 is 48.7. The number of methoxy groups -OCH3 is 3. The SMILES string of the molecule is COc1ccc(CN(Cc2ccc(OC)cc2)c2nc(-c3c(Cl)cc4c(N5CCC(C#N)CC5)nc(F)nc4c3F)c(I)cc2OC)cc1. The van der Waals surface area contributed by atoms with Crippen molar-refractivity contribution in [3.8, 4) is 34.6 Å². The fourth-order valence-corrected chi connectivity index (χ4v) is 6.91. The second-order valence-corrected chi connectivity index (χ2v) is 13.1. The molecule has 3 aromatic carbocycles. The van der Waals surface area contributed by atoms with Crippen LogP contribution in [0.25, 0.3) is 22.2 Å². The molecule has 0 saturated carbocycles. The van der Waals surface area contributed by atoms with Gasteiger partial charge in [-0.3, -0.25) is 0 Å². The highest BCUT2D eigenvalue weighted by atomic mass is 127. The molecule has 49 heavy (non-hydrogen) atoms. The molecule has 0 amide bonds. The average molecular weight is 797 g/mol. The first-order chi connectivity index (χ1) is 23.7. The fourth-order valence-electron chi connectivity index (χ4n) is 5.95. The Labute approximate surface area is 301 Å². The van der Waals surface area contributed by atoms with Crippen LogP contribution in [-0.4, -0.2) is 49.4 Å². The van der Waals surface area contributed by atoms with Crippen LogP contribution in [0.2, 0.25) is 5.02 Å². The minimum atomic E-state index is -1.06. The van der Waals surface area contributed by atoms with Crippen molar-refractivity contribution in [3.63, 3.8) is 0 Å². The summed E-state index contributed by atoms with van der Waals surface area (Å²) in [6.07, 6.45) is 0.136. The van der Waals surface area contributed by atoms with Crippen LogP contribution in [0.4, 0.5) is 20.4 Å².